The predicted molar refractivity (Wildman–Crippen MR) is 56.9 cm³/mol. The van der Waals surface area contributed by atoms with E-state index in [1.807, 2.05) is 0 Å². The number of hydrogen-bond donors (Lipinski definition) is 0. The molecule has 1 aromatic carbocycles. The SMILES string of the molecule is CS(=O)n1ncc2c(Br)cc(F)cc21. The van der Waals surface area contributed by atoms with Crippen LogP contribution in [0.3, 0.4) is 0 Å². The van der Waals surface area contributed by atoms with Crippen LogP contribution in [0.1, 0.15) is 0 Å². The minimum absolute atomic E-state index is 0.378. The maximum Gasteiger partial charge on any atom is 0.137 e. The molecule has 14 heavy (non-hydrogen) atoms. The van der Waals surface area contributed by atoms with E-state index in [0.29, 0.717) is 9.99 Å². The Hall–Kier alpha value is -0.750. The van der Waals surface area contributed by atoms with Gasteiger partial charge in [-0.25, -0.2) is 8.60 Å². The first-order valence-corrected chi connectivity index (χ1v) is 6.07. The van der Waals surface area contributed by atoms with Crippen LogP contribution in [0, 0.1) is 5.82 Å². The van der Waals surface area contributed by atoms with Gasteiger partial charge in [0.25, 0.3) is 0 Å². The first-order valence-electron chi connectivity index (χ1n) is 3.76. The number of fused-ring (bicyclic) bond motifs is 1. The maximum atomic E-state index is 13.0. The summed E-state index contributed by atoms with van der Waals surface area (Å²) in [4.78, 5) is 0. The zero-order valence-electron chi connectivity index (χ0n) is 7.20. The van der Waals surface area contributed by atoms with E-state index in [1.54, 1.807) is 6.20 Å². The summed E-state index contributed by atoms with van der Waals surface area (Å²) >= 11 is 3.22. The lowest BCUT2D eigenvalue weighted by Gasteiger charge is -1.98. The van der Waals surface area contributed by atoms with Gasteiger partial charge in [-0.15, -0.1) is 0 Å². The third-order valence-electron chi connectivity index (χ3n) is 1.81. The second kappa shape index (κ2) is 3.43. The molecule has 0 radical (unpaired) electrons. The maximum absolute atomic E-state index is 13.0. The van der Waals surface area contributed by atoms with Crippen LogP contribution in [0.5, 0.6) is 0 Å². The van der Waals surface area contributed by atoms with Gasteiger partial charge in [-0.05, 0) is 22.0 Å². The fraction of sp³-hybridized carbons (Fsp3) is 0.125. The van der Waals surface area contributed by atoms with Crippen molar-refractivity contribution < 1.29 is 8.60 Å². The van der Waals surface area contributed by atoms with Crippen LogP contribution in [0.15, 0.2) is 22.8 Å². The number of benzene rings is 1. The Labute approximate surface area is 90.6 Å². The average molecular weight is 277 g/mol. The molecule has 0 saturated heterocycles. The molecular formula is C8H6BrFN2OS. The second-order valence-corrected chi connectivity index (χ2v) is 4.81. The molecule has 0 N–H and O–H groups in total. The summed E-state index contributed by atoms with van der Waals surface area (Å²) in [5, 5.41) is 4.67. The van der Waals surface area contributed by atoms with Gasteiger partial charge >= 0.3 is 0 Å². The van der Waals surface area contributed by atoms with Gasteiger partial charge in [0.05, 0.1) is 11.7 Å². The number of halogens is 2. The molecule has 2 aromatic rings. The van der Waals surface area contributed by atoms with Crippen molar-refractivity contribution in [2.24, 2.45) is 0 Å². The van der Waals surface area contributed by atoms with Crippen LogP contribution >= 0.6 is 15.9 Å². The highest BCUT2D eigenvalue weighted by atomic mass is 79.9. The van der Waals surface area contributed by atoms with Crippen molar-refractivity contribution >= 4 is 37.8 Å². The van der Waals surface area contributed by atoms with Crippen LogP contribution in [0.2, 0.25) is 0 Å². The number of nitrogens with zero attached hydrogens (tertiary/aromatic N) is 2. The number of rotatable bonds is 1. The lowest BCUT2D eigenvalue weighted by molar-refractivity contribution is 0.628. The Morgan fingerprint density at radius 1 is 1.57 bits per heavy atom. The van der Waals surface area contributed by atoms with E-state index in [2.05, 4.69) is 21.0 Å². The molecule has 0 spiro atoms. The standard InChI is InChI=1S/C8H6BrFN2OS/c1-14(13)12-8-3-5(10)2-7(9)6(8)4-11-12/h2-4H,1H3. The molecule has 0 aliphatic carbocycles. The normalized spacial score (nSPS) is 13.4. The van der Waals surface area contributed by atoms with E-state index in [-0.39, 0.29) is 5.82 Å². The predicted octanol–water partition coefficient (Wildman–Crippen LogP) is 2.08. The zero-order valence-corrected chi connectivity index (χ0v) is 9.60. The largest absolute Gasteiger partial charge is 0.235 e. The molecule has 6 heteroatoms. The number of hydrogen-bond acceptors (Lipinski definition) is 2. The molecule has 1 unspecified atom stereocenters. The van der Waals surface area contributed by atoms with E-state index in [0.717, 1.165) is 5.39 Å². The molecule has 0 saturated carbocycles. The van der Waals surface area contributed by atoms with E-state index in [9.17, 15) is 8.60 Å². The third kappa shape index (κ3) is 1.48. The highest BCUT2D eigenvalue weighted by Crippen LogP contribution is 2.25. The molecule has 0 aliphatic rings. The summed E-state index contributed by atoms with van der Waals surface area (Å²) in [7, 11) is -1.27. The number of aromatic nitrogens is 2. The molecule has 0 aliphatic heterocycles. The molecule has 0 amide bonds. The molecule has 0 fully saturated rings. The van der Waals surface area contributed by atoms with Gasteiger partial charge in [-0.2, -0.15) is 9.19 Å². The van der Waals surface area contributed by atoms with E-state index in [1.165, 1.54) is 22.5 Å². The van der Waals surface area contributed by atoms with Crippen molar-refractivity contribution in [3.63, 3.8) is 0 Å². The van der Waals surface area contributed by atoms with Gasteiger partial charge in [-0.1, -0.05) is 0 Å². The summed E-state index contributed by atoms with van der Waals surface area (Å²) in [6, 6.07) is 2.67. The highest BCUT2D eigenvalue weighted by molar-refractivity contribution is 9.10. The lowest BCUT2D eigenvalue weighted by Crippen LogP contribution is -2.03. The van der Waals surface area contributed by atoms with E-state index >= 15 is 0 Å². The van der Waals surface area contributed by atoms with E-state index in [4.69, 9.17) is 0 Å². The Bertz CT molecular complexity index is 525. The molecule has 1 aromatic heterocycles. The topological polar surface area (TPSA) is 34.9 Å². The molecule has 0 bridgehead atoms. The van der Waals surface area contributed by atoms with Gasteiger partial charge < -0.3 is 0 Å². The molecule has 74 valence electrons. The summed E-state index contributed by atoms with van der Waals surface area (Å²) in [5.41, 5.74) is 0.526. The smallest absolute Gasteiger partial charge is 0.137 e. The van der Waals surface area contributed by atoms with Gasteiger partial charge in [0.15, 0.2) is 0 Å². The third-order valence-corrected chi connectivity index (χ3v) is 3.25. The van der Waals surface area contributed by atoms with Crippen molar-refractivity contribution in [1.29, 1.82) is 0 Å². The second-order valence-electron chi connectivity index (χ2n) is 2.76. The molecule has 1 heterocycles. The van der Waals surface area contributed by atoms with E-state index < -0.39 is 11.0 Å². The first-order chi connectivity index (χ1) is 6.59. The van der Waals surface area contributed by atoms with Crippen LogP contribution in [0.25, 0.3) is 10.9 Å². The van der Waals surface area contributed by atoms with Crippen molar-refractivity contribution in [3.05, 3.63) is 28.6 Å². The first kappa shape index (κ1) is 9.79. The summed E-state index contributed by atoms with van der Waals surface area (Å²) in [5.74, 6) is -0.378. The minimum Gasteiger partial charge on any atom is -0.235 e. The Balaban J connectivity index is 2.85. The Morgan fingerprint density at radius 3 is 2.93 bits per heavy atom. The quantitative estimate of drug-likeness (QED) is 0.800. The fourth-order valence-corrected chi connectivity index (χ4v) is 2.37. The van der Waals surface area contributed by atoms with Gasteiger partial charge in [-0.3, -0.25) is 0 Å². The minimum atomic E-state index is -1.27. The molecular weight excluding hydrogens is 271 g/mol. The fourth-order valence-electron chi connectivity index (χ4n) is 1.23. The molecule has 2 rings (SSSR count). The van der Waals surface area contributed by atoms with Crippen LogP contribution in [-0.2, 0) is 11.0 Å². The van der Waals surface area contributed by atoms with Gasteiger partial charge in [0, 0.05) is 22.2 Å². The molecule has 1 atom stereocenters. The summed E-state index contributed by atoms with van der Waals surface area (Å²) in [6.07, 6.45) is 3.05. The average Bonchev–Trinajstić information content (AvgIpc) is 2.47. The van der Waals surface area contributed by atoms with Gasteiger partial charge in [0.2, 0.25) is 0 Å². The Morgan fingerprint density at radius 2 is 2.29 bits per heavy atom. The summed E-state index contributed by atoms with van der Waals surface area (Å²) in [6.45, 7) is 0. The summed E-state index contributed by atoms with van der Waals surface area (Å²) < 4.78 is 26.2. The van der Waals surface area contributed by atoms with Gasteiger partial charge in [0.1, 0.15) is 16.8 Å². The van der Waals surface area contributed by atoms with Crippen LogP contribution < -0.4 is 0 Å². The Kier molecular flexibility index (Phi) is 2.40. The van der Waals surface area contributed by atoms with Crippen LogP contribution in [-0.4, -0.2) is 19.7 Å². The zero-order chi connectivity index (χ0) is 10.3. The molecule has 3 nitrogen and oxygen atoms in total. The van der Waals surface area contributed by atoms with Crippen molar-refractivity contribution in [2.45, 2.75) is 0 Å². The highest BCUT2D eigenvalue weighted by Gasteiger charge is 2.09. The van der Waals surface area contributed by atoms with Crippen LogP contribution in [0.4, 0.5) is 4.39 Å². The van der Waals surface area contributed by atoms with Crippen molar-refractivity contribution in [2.75, 3.05) is 6.26 Å². The monoisotopic (exact) mass is 276 g/mol. The lowest BCUT2D eigenvalue weighted by atomic mass is 10.2. The van der Waals surface area contributed by atoms with Crippen molar-refractivity contribution in [3.8, 4) is 0 Å². The van der Waals surface area contributed by atoms with Crippen molar-refractivity contribution in [1.82, 2.24) is 9.19 Å².